The third-order valence-electron chi connectivity index (χ3n) is 5.37. The Hall–Kier alpha value is -2.41. The van der Waals surface area contributed by atoms with Crippen LogP contribution in [0.15, 0.2) is 30.3 Å². The molecule has 0 radical (unpaired) electrons. The lowest BCUT2D eigenvalue weighted by Crippen LogP contribution is -2.53. The molecule has 0 spiro atoms. The predicted octanol–water partition coefficient (Wildman–Crippen LogP) is 1.99. The molecule has 1 saturated carbocycles. The van der Waals surface area contributed by atoms with Crippen LogP contribution in [0.5, 0.6) is 0 Å². The van der Waals surface area contributed by atoms with Gasteiger partial charge in [-0.05, 0) is 37.2 Å². The normalized spacial score (nSPS) is 22.2. The maximum absolute atomic E-state index is 12.8. The van der Waals surface area contributed by atoms with Gasteiger partial charge in [-0.1, -0.05) is 49.6 Å². The SMILES string of the molecule is O=C(NO)[C@@H](C1CCCCC1)N1C(=O)N[C@@H](CCc2ccccc2)C1=O. The van der Waals surface area contributed by atoms with Gasteiger partial charge in [0, 0.05) is 0 Å². The van der Waals surface area contributed by atoms with Crippen molar-refractivity contribution >= 4 is 17.8 Å². The highest BCUT2D eigenvalue weighted by molar-refractivity contribution is 6.07. The van der Waals surface area contributed by atoms with Gasteiger partial charge in [0.05, 0.1) is 0 Å². The van der Waals surface area contributed by atoms with E-state index in [4.69, 9.17) is 5.21 Å². The number of hydroxylamine groups is 1. The summed E-state index contributed by atoms with van der Waals surface area (Å²) in [5.41, 5.74) is 2.73. The minimum absolute atomic E-state index is 0.113. The van der Waals surface area contributed by atoms with Crippen LogP contribution in [0, 0.1) is 5.92 Å². The van der Waals surface area contributed by atoms with Crippen LogP contribution in [-0.2, 0) is 16.0 Å². The van der Waals surface area contributed by atoms with Crippen LogP contribution in [-0.4, -0.2) is 40.0 Å². The van der Waals surface area contributed by atoms with E-state index in [0.717, 1.165) is 42.6 Å². The molecule has 1 heterocycles. The van der Waals surface area contributed by atoms with Gasteiger partial charge in [0.2, 0.25) is 0 Å². The number of benzene rings is 1. The van der Waals surface area contributed by atoms with Crippen molar-refractivity contribution < 1.29 is 19.6 Å². The van der Waals surface area contributed by atoms with Gasteiger partial charge in [0.1, 0.15) is 12.1 Å². The zero-order valence-corrected chi connectivity index (χ0v) is 14.7. The summed E-state index contributed by atoms with van der Waals surface area (Å²) in [6, 6.07) is 7.60. The van der Waals surface area contributed by atoms with Gasteiger partial charge in [-0.25, -0.2) is 15.2 Å². The Morgan fingerprint density at radius 3 is 2.54 bits per heavy atom. The summed E-state index contributed by atoms with van der Waals surface area (Å²) in [4.78, 5) is 38.5. The zero-order valence-electron chi connectivity index (χ0n) is 14.7. The summed E-state index contributed by atoms with van der Waals surface area (Å²) >= 11 is 0. The highest BCUT2D eigenvalue weighted by Gasteiger charge is 2.47. The fraction of sp³-hybridized carbons (Fsp3) is 0.526. The number of nitrogens with one attached hydrogen (secondary N) is 2. The molecule has 2 fully saturated rings. The molecule has 1 aliphatic carbocycles. The van der Waals surface area contributed by atoms with Gasteiger partial charge in [-0.2, -0.15) is 0 Å². The second-order valence-electron chi connectivity index (χ2n) is 7.05. The van der Waals surface area contributed by atoms with Crippen molar-refractivity contribution in [2.24, 2.45) is 5.92 Å². The highest BCUT2D eigenvalue weighted by Crippen LogP contribution is 2.31. The van der Waals surface area contributed by atoms with Crippen LogP contribution in [0.25, 0.3) is 0 Å². The second kappa shape index (κ2) is 8.31. The van der Waals surface area contributed by atoms with Crippen molar-refractivity contribution in [3.05, 3.63) is 35.9 Å². The van der Waals surface area contributed by atoms with E-state index in [1.807, 2.05) is 30.3 Å². The monoisotopic (exact) mass is 359 g/mol. The Labute approximate surface area is 152 Å². The lowest BCUT2D eigenvalue weighted by atomic mass is 9.83. The quantitative estimate of drug-likeness (QED) is 0.411. The summed E-state index contributed by atoms with van der Waals surface area (Å²) in [5.74, 6) is -1.19. The molecule has 0 unspecified atom stereocenters. The molecule has 0 bridgehead atoms. The van der Waals surface area contributed by atoms with E-state index in [1.165, 1.54) is 0 Å². The topological polar surface area (TPSA) is 98.7 Å². The Morgan fingerprint density at radius 1 is 1.19 bits per heavy atom. The van der Waals surface area contributed by atoms with Crippen molar-refractivity contribution in [1.82, 2.24) is 15.7 Å². The van der Waals surface area contributed by atoms with Crippen molar-refractivity contribution in [3.63, 3.8) is 0 Å². The van der Waals surface area contributed by atoms with Gasteiger partial charge >= 0.3 is 6.03 Å². The molecular formula is C19H25N3O4. The lowest BCUT2D eigenvalue weighted by Gasteiger charge is -2.33. The van der Waals surface area contributed by atoms with E-state index in [-0.39, 0.29) is 11.8 Å². The van der Waals surface area contributed by atoms with E-state index in [1.54, 1.807) is 5.48 Å². The summed E-state index contributed by atoms with van der Waals surface area (Å²) < 4.78 is 0. The van der Waals surface area contributed by atoms with Gasteiger partial charge in [0.25, 0.3) is 11.8 Å². The molecule has 3 rings (SSSR count). The van der Waals surface area contributed by atoms with E-state index >= 15 is 0 Å². The summed E-state index contributed by atoms with van der Waals surface area (Å²) in [6.45, 7) is 0. The lowest BCUT2D eigenvalue weighted by molar-refractivity contribution is -0.143. The maximum atomic E-state index is 12.8. The molecular weight excluding hydrogens is 334 g/mol. The minimum atomic E-state index is -0.950. The Kier molecular flexibility index (Phi) is 5.88. The standard InChI is InChI=1S/C19H25N3O4/c23-17(21-26)16(14-9-5-2-6-10-14)22-18(24)15(20-19(22)25)12-11-13-7-3-1-4-8-13/h1,3-4,7-8,14-16,26H,2,5-6,9-12H2,(H,20,25)(H,21,23)/t15-,16+/m0/s1. The van der Waals surface area contributed by atoms with Crippen molar-refractivity contribution in [2.75, 3.05) is 0 Å². The number of nitrogens with zero attached hydrogens (tertiary/aromatic N) is 1. The number of imide groups is 1. The maximum Gasteiger partial charge on any atom is 0.325 e. The molecule has 3 N–H and O–H groups in total. The average molecular weight is 359 g/mol. The molecule has 2 aliphatic rings. The molecule has 140 valence electrons. The summed E-state index contributed by atoms with van der Waals surface area (Å²) in [7, 11) is 0. The van der Waals surface area contributed by atoms with Crippen molar-refractivity contribution in [3.8, 4) is 0 Å². The third kappa shape index (κ3) is 3.88. The molecule has 7 heteroatoms. The molecule has 1 aromatic carbocycles. The largest absolute Gasteiger partial charge is 0.326 e. The molecule has 2 atom stereocenters. The average Bonchev–Trinajstić information content (AvgIpc) is 2.96. The van der Waals surface area contributed by atoms with Gasteiger partial charge in [-0.3, -0.25) is 14.8 Å². The molecule has 0 aromatic heterocycles. The van der Waals surface area contributed by atoms with Crippen LogP contribution in [0.3, 0.4) is 0 Å². The number of rotatable bonds is 6. The number of hydrogen-bond donors (Lipinski definition) is 3. The first-order valence-corrected chi connectivity index (χ1v) is 9.23. The van der Waals surface area contributed by atoms with Crippen molar-refractivity contribution in [1.29, 1.82) is 0 Å². The first-order chi connectivity index (χ1) is 12.6. The molecule has 1 aromatic rings. The van der Waals surface area contributed by atoms with E-state index in [9.17, 15) is 14.4 Å². The summed E-state index contributed by atoms with van der Waals surface area (Å²) in [5, 5.41) is 11.8. The van der Waals surface area contributed by atoms with Gasteiger partial charge in [0.15, 0.2) is 0 Å². The number of amides is 4. The van der Waals surface area contributed by atoms with Crippen molar-refractivity contribution in [2.45, 2.75) is 57.0 Å². The van der Waals surface area contributed by atoms with Gasteiger partial charge in [-0.15, -0.1) is 0 Å². The van der Waals surface area contributed by atoms with Crippen LogP contribution >= 0.6 is 0 Å². The van der Waals surface area contributed by atoms with Crippen LogP contribution in [0.4, 0.5) is 4.79 Å². The molecule has 1 aliphatic heterocycles. The highest BCUT2D eigenvalue weighted by atomic mass is 16.5. The molecule has 4 amide bonds. The number of carbonyl (C=O) groups excluding carboxylic acids is 3. The number of urea groups is 1. The Bertz CT molecular complexity index is 658. The molecule has 7 nitrogen and oxygen atoms in total. The van der Waals surface area contributed by atoms with Crippen LogP contribution in [0.1, 0.15) is 44.1 Å². The van der Waals surface area contributed by atoms with E-state index in [0.29, 0.717) is 12.8 Å². The number of carbonyl (C=O) groups is 3. The fourth-order valence-corrected chi connectivity index (χ4v) is 4.02. The van der Waals surface area contributed by atoms with E-state index < -0.39 is 24.0 Å². The van der Waals surface area contributed by atoms with Gasteiger partial charge < -0.3 is 5.32 Å². The molecule has 1 saturated heterocycles. The summed E-state index contributed by atoms with van der Waals surface area (Å²) in [6.07, 6.45) is 5.67. The fourth-order valence-electron chi connectivity index (χ4n) is 4.02. The van der Waals surface area contributed by atoms with Crippen LogP contribution in [0.2, 0.25) is 0 Å². The zero-order chi connectivity index (χ0) is 18.5. The van der Waals surface area contributed by atoms with Crippen LogP contribution < -0.4 is 10.8 Å². The number of aryl methyl sites for hydroxylation is 1. The minimum Gasteiger partial charge on any atom is -0.326 e. The van der Waals surface area contributed by atoms with E-state index in [2.05, 4.69) is 5.32 Å². The second-order valence-corrected chi connectivity index (χ2v) is 7.05. The Balaban J connectivity index is 1.72. The number of hydrogen-bond acceptors (Lipinski definition) is 4. The smallest absolute Gasteiger partial charge is 0.325 e. The first-order valence-electron chi connectivity index (χ1n) is 9.23. The Morgan fingerprint density at radius 2 is 1.88 bits per heavy atom. The molecule has 26 heavy (non-hydrogen) atoms. The third-order valence-corrected chi connectivity index (χ3v) is 5.37. The first kappa shape index (κ1) is 18.4. The predicted molar refractivity (Wildman–Crippen MR) is 94.2 cm³/mol.